The molecule has 0 bridgehead atoms. The summed E-state index contributed by atoms with van der Waals surface area (Å²) in [5, 5.41) is 5.17. The summed E-state index contributed by atoms with van der Waals surface area (Å²) in [6.07, 6.45) is 0. The molecule has 1 heterocycles. The molecular weight excluding hydrogens is 382 g/mol. The molecule has 7 heteroatoms. The summed E-state index contributed by atoms with van der Waals surface area (Å²) in [5.74, 6) is 0. The van der Waals surface area contributed by atoms with Crippen LogP contribution in [0, 0.1) is 27.7 Å². The number of aromatic nitrogens is 2. The molecule has 2 aromatic carbocycles. The molecule has 0 atom stereocenters. The molecule has 5 nitrogen and oxygen atoms in total. The molecule has 0 unspecified atom stereocenters. The summed E-state index contributed by atoms with van der Waals surface area (Å²) in [6.45, 7) is 8.04. The largest absolute Gasteiger partial charge is 0.276 e. The lowest BCUT2D eigenvalue weighted by molar-refractivity contribution is 0.601. The molecule has 0 aliphatic rings. The Morgan fingerprint density at radius 1 is 1.00 bits per heavy atom. The molecule has 0 aliphatic carbocycles. The van der Waals surface area contributed by atoms with Gasteiger partial charge in [0.15, 0.2) is 0 Å². The maximum atomic E-state index is 12.8. The van der Waals surface area contributed by atoms with Gasteiger partial charge in [-0.05, 0) is 68.7 Å². The van der Waals surface area contributed by atoms with Crippen LogP contribution in [0.2, 0.25) is 5.02 Å². The molecule has 0 amide bonds. The first kappa shape index (κ1) is 19.5. The zero-order chi connectivity index (χ0) is 19.8. The molecule has 3 rings (SSSR count). The molecule has 1 N–H and O–H groups in total. The maximum Gasteiger partial charge on any atom is 0.262 e. The van der Waals surface area contributed by atoms with Gasteiger partial charge in [-0.3, -0.25) is 9.40 Å². The fraction of sp³-hybridized carbons (Fsp3) is 0.250. The van der Waals surface area contributed by atoms with E-state index in [0.717, 1.165) is 22.4 Å². The summed E-state index contributed by atoms with van der Waals surface area (Å²) >= 11 is 5.93. The van der Waals surface area contributed by atoms with E-state index in [0.29, 0.717) is 22.9 Å². The average molecular weight is 404 g/mol. The molecule has 0 saturated heterocycles. The number of anilines is 1. The molecule has 27 heavy (non-hydrogen) atoms. The first-order valence-electron chi connectivity index (χ1n) is 8.56. The topological polar surface area (TPSA) is 64.0 Å². The molecule has 142 valence electrons. The normalized spacial score (nSPS) is 11.6. The van der Waals surface area contributed by atoms with Gasteiger partial charge in [0.25, 0.3) is 10.0 Å². The van der Waals surface area contributed by atoms with Crippen molar-refractivity contribution < 1.29 is 8.42 Å². The van der Waals surface area contributed by atoms with E-state index in [9.17, 15) is 8.42 Å². The van der Waals surface area contributed by atoms with Gasteiger partial charge in [-0.2, -0.15) is 5.10 Å². The Bertz CT molecular complexity index is 1090. The zero-order valence-electron chi connectivity index (χ0n) is 15.7. The summed E-state index contributed by atoms with van der Waals surface area (Å²) < 4.78 is 30.1. The minimum absolute atomic E-state index is 0.245. The molecule has 0 saturated carbocycles. The fourth-order valence-corrected chi connectivity index (χ4v) is 4.22. The van der Waals surface area contributed by atoms with E-state index in [-0.39, 0.29) is 4.90 Å². The van der Waals surface area contributed by atoms with Crippen molar-refractivity contribution in [3.8, 4) is 0 Å². The van der Waals surface area contributed by atoms with Crippen molar-refractivity contribution in [1.82, 2.24) is 9.78 Å². The van der Waals surface area contributed by atoms with E-state index in [1.807, 2.05) is 51.1 Å². The van der Waals surface area contributed by atoms with E-state index in [4.69, 9.17) is 11.6 Å². The van der Waals surface area contributed by atoms with Gasteiger partial charge in [-0.1, -0.05) is 29.8 Å². The summed E-state index contributed by atoms with van der Waals surface area (Å²) in [5.41, 5.74) is 4.93. The lowest BCUT2D eigenvalue weighted by atomic mass is 10.1. The smallest absolute Gasteiger partial charge is 0.262 e. The Kier molecular flexibility index (Phi) is 5.31. The van der Waals surface area contributed by atoms with Crippen molar-refractivity contribution in [2.75, 3.05) is 4.72 Å². The average Bonchev–Trinajstić information content (AvgIpc) is 2.86. The fourth-order valence-electron chi connectivity index (χ4n) is 2.84. The lowest BCUT2D eigenvalue weighted by Gasteiger charge is -2.11. The number of sulfonamides is 1. The highest BCUT2D eigenvalue weighted by Gasteiger charge is 2.20. The third-order valence-corrected chi connectivity index (χ3v) is 6.25. The number of benzene rings is 2. The van der Waals surface area contributed by atoms with Crippen molar-refractivity contribution >= 4 is 27.3 Å². The SMILES string of the molecule is Cc1ccc(S(=O)(=O)Nc2c(C)nn(Cc3ccc(Cl)cc3)c2C)cc1C. The number of halogens is 1. The summed E-state index contributed by atoms with van der Waals surface area (Å²) in [6, 6.07) is 12.6. The number of nitrogens with zero attached hydrogens (tertiary/aromatic N) is 2. The molecule has 0 spiro atoms. The minimum atomic E-state index is -3.68. The minimum Gasteiger partial charge on any atom is -0.276 e. The Labute approximate surface area is 165 Å². The number of hydrogen-bond acceptors (Lipinski definition) is 3. The van der Waals surface area contributed by atoms with Crippen molar-refractivity contribution in [3.63, 3.8) is 0 Å². The highest BCUT2D eigenvalue weighted by Crippen LogP contribution is 2.25. The third-order valence-electron chi connectivity index (χ3n) is 4.65. The van der Waals surface area contributed by atoms with Crippen molar-refractivity contribution in [3.05, 3.63) is 75.6 Å². The van der Waals surface area contributed by atoms with Crippen molar-refractivity contribution in [1.29, 1.82) is 0 Å². The van der Waals surface area contributed by atoms with Crippen molar-refractivity contribution in [2.24, 2.45) is 0 Å². The maximum absolute atomic E-state index is 12.8. The number of nitrogens with one attached hydrogen (secondary N) is 1. The predicted octanol–water partition coefficient (Wildman–Crippen LogP) is 4.62. The Hall–Kier alpha value is -2.31. The van der Waals surface area contributed by atoms with Gasteiger partial charge in [-0.15, -0.1) is 0 Å². The van der Waals surface area contributed by atoms with Gasteiger partial charge in [0.1, 0.15) is 0 Å². The van der Waals surface area contributed by atoms with E-state index < -0.39 is 10.0 Å². The van der Waals surface area contributed by atoms with Crippen LogP contribution in [-0.2, 0) is 16.6 Å². The highest BCUT2D eigenvalue weighted by atomic mass is 35.5. The van der Waals surface area contributed by atoms with Crippen LogP contribution in [-0.4, -0.2) is 18.2 Å². The van der Waals surface area contributed by atoms with Crippen molar-refractivity contribution in [2.45, 2.75) is 39.1 Å². The number of aryl methyl sites for hydroxylation is 3. The molecule has 0 fully saturated rings. The standard InChI is InChI=1S/C20H22ClN3O2S/c1-13-5-10-19(11-14(13)2)27(25,26)23-20-15(3)22-24(16(20)4)12-17-6-8-18(21)9-7-17/h5-11,23H,12H2,1-4H3. The van der Waals surface area contributed by atoms with Crippen LogP contribution in [0.5, 0.6) is 0 Å². The van der Waals surface area contributed by atoms with E-state index in [1.165, 1.54) is 0 Å². The van der Waals surface area contributed by atoms with Crippen LogP contribution < -0.4 is 4.72 Å². The molecule has 3 aromatic rings. The van der Waals surface area contributed by atoms with Crippen LogP contribution in [0.1, 0.15) is 28.1 Å². The molecule has 0 aliphatic heterocycles. The van der Waals surface area contributed by atoms with Crippen LogP contribution in [0.15, 0.2) is 47.4 Å². The van der Waals surface area contributed by atoms with Crippen LogP contribution >= 0.6 is 11.6 Å². The number of hydrogen-bond donors (Lipinski definition) is 1. The first-order valence-corrected chi connectivity index (χ1v) is 10.4. The van der Waals surface area contributed by atoms with Crippen LogP contribution in [0.25, 0.3) is 0 Å². The van der Waals surface area contributed by atoms with E-state index in [1.54, 1.807) is 23.7 Å². The van der Waals surface area contributed by atoms with Crippen LogP contribution in [0.3, 0.4) is 0 Å². The molecular formula is C20H22ClN3O2S. The monoisotopic (exact) mass is 403 g/mol. The lowest BCUT2D eigenvalue weighted by Crippen LogP contribution is -2.14. The second-order valence-corrected chi connectivity index (χ2v) is 8.80. The van der Waals surface area contributed by atoms with Gasteiger partial charge in [0.2, 0.25) is 0 Å². The Morgan fingerprint density at radius 2 is 1.67 bits per heavy atom. The Balaban J connectivity index is 1.89. The highest BCUT2D eigenvalue weighted by molar-refractivity contribution is 7.92. The van der Waals surface area contributed by atoms with E-state index in [2.05, 4.69) is 9.82 Å². The van der Waals surface area contributed by atoms with E-state index >= 15 is 0 Å². The second-order valence-electron chi connectivity index (χ2n) is 6.68. The van der Waals surface area contributed by atoms with Gasteiger partial charge in [0.05, 0.1) is 28.5 Å². The summed E-state index contributed by atoms with van der Waals surface area (Å²) in [7, 11) is -3.68. The zero-order valence-corrected chi connectivity index (χ0v) is 17.3. The van der Waals surface area contributed by atoms with Gasteiger partial charge >= 0.3 is 0 Å². The Morgan fingerprint density at radius 3 is 2.30 bits per heavy atom. The van der Waals surface area contributed by atoms with Gasteiger partial charge < -0.3 is 0 Å². The quantitative estimate of drug-likeness (QED) is 0.676. The summed E-state index contributed by atoms with van der Waals surface area (Å²) in [4.78, 5) is 0.245. The molecule has 1 aromatic heterocycles. The molecule has 0 radical (unpaired) electrons. The predicted molar refractivity (Wildman–Crippen MR) is 109 cm³/mol. The third kappa shape index (κ3) is 4.17. The van der Waals surface area contributed by atoms with Gasteiger partial charge in [0, 0.05) is 5.02 Å². The van der Waals surface area contributed by atoms with Gasteiger partial charge in [-0.25, -0.2) is 8.42 Å². The first-order chi connectivity index (χ1) is 12.7. The number of rotatable bonds is 5. The van der Waals surface area contributed by atoms with Crippen LogP contribution in [0.4, 0.5) is 5.69 Å². The second kappa shape index (κ2) is 7.37.